The van der Waals surface area contributed by atoms with Crippen molar-refractivity contribution in [3.05, 3.63) is 58.9 Å². The molecule has 1 aromatic heterocycles. The summed E-state index contributed by atoms with van der Waals surface area (Å²) in [6.45, 7) is 0.372. The van der Waals surface area contributed by atoms with Crippen LogP contribution in [-0.2, 0) is 6.61 Å². The number of aromatic nitrogens is 1. The van der Waals surface area contributed by atoms with Gasteiger partial charge in [0.15, 0.2) is 5.76 Å². The van der Waals surface area contributed by atoms with E-state index >= 15 is 0 Å². The molecule has 3 rings (SSSR count). The average molecular weight is 304 g/mol. The normalized spacial score (nSPS) is 10.7. The highest BCUT2D eigenvalue weighted by Crippen LogP contribution is 2.33. The summed E-state index contributed by atoms with van der Waals surface area (Å²) >= 11 is 3.57. The summed E-state index contributed by atoms with van der Waals surface area (Å²) in [4.78, 5) is 0. The summed E-state index contributed by atoms with van der Waals surface area (Å²) in [6, 6.07) is 13.9. The molecule has 0 atom stereocenters. The largest absolute Gasteiger partial charge is 0.484 e. The minimum Gasteiger partial charge on any atom is -0.484 e. The van der Waals surface area contributed by atoms with E-state index in [4.69, 9.17) is 9.26 Å². The Balaban J connectivity index is 1.90. The molecule has 0 spiro atoms. The van der Waals surface area contributed by atoms with Gasteiger partial charge in [-0.1, -0.05) is 35.5 Å². The Hall–Kier alpha value is -1.81. The molecule has 0 amide bonds. The van der Waals surface area contributed by atoms with Gasteiger partial charge in [0, 0.05) is 6.07 Å². The molecule has 0 unspecified atom stereocenters. The first kappa shape index (κ1) is 11.3. The molecule has 0 saturated heterocycles. The molecule has 0 saturated carbocycles. The van der Waals surface area contributed by atoms with E-state index in [2.05, 4.69) is 33.2 Å². The van der Waals surface area contributed by atoms with Gasteiger partial charge in [0.25, 0.3) is 0 Å². The topological polar surface area (TPSA) is 35.3 Å². The van der Waals surface area contributed by atoms with E-state index in [-0.39, 0.29) is 0 Å². The van der Waals surface area contributed by atoms with Gasteiger partial charge in [-0.25, -0.2) is 0 Å². The van der Waals surface area contributed by atoms with E-state index in [1.807, 2.05) is 24.3 Å². The number of hydrogen-bond donors (Lipinski definition) is 0. The van der Waals surface area contributed by atoms with Crippen molar-refractivity contribution in [3.63, 3.8) is 0 Å². The van der Waals surface area contributed by atoms with Crippen molar-refractivity contribution < 1.29 is 9.26 Å². The molecule has 2 aromatic carbocycles. The molecular formula is C14H10BrNO2. The Morgan fingerprint density at radius 2 is 2.00 bits per heavy atom. The fraction of sp³-hybridized carbons (Fsp3) is 0.0714. The summed E-state index contributed by atoms with van der Waals surface area (Å²) in [6.07, 6.45) is 1.61. The monoisotopic (exact) mass is 303 g/mol. The van der Waals surface area contributed by atoms with Gasteiger partial charge in [0.1, 0.15) is 12.4 Å². The highest BCUT2D eigenvalue weighted by atomic mass is 79.9. The quantitative estimate of drug-likeness (QED) is 0.728. The van der Waals surface area contributed by atoms with Gasteiger partial charge >= 0.3 is 0 Å². The summed E-state index contributed by atoms with van der Waals surface area (Å²) < 4.78 is 11.7. The molecule has 0 aliphatic rings. The Morgan fingerprint density at radius 1 is 1.11 bits per heavy atom. The van der Waals surface area contributed by atoms with Crippen LogP contribution in [0.5, 0.6) is 5.75 Å². The third-order valence-electron chi connectivity index (χ3n) is 2.69. The summed E-state index contributed by atoms with van der Waals surface area (Å²) in [7, 11) is 0. The SMILES string of the molecule is Brc1c(OCc2ccno2)ccc2ccccc12. The second kappa shape index (κ2) is 4.82. The van der Waals surface area contributed by atoms with Crippen molar-refractivity contribution in [1.82, 2.24) is 5.16 Å². The maximum atomic E-state index is 5.71. The maximum absolute atomic E-state index is 5.71. The molecule has 0 aliphatic carbocycles. The van der Waals surface area contributed by atoms with Crippen LogP contribution < -0.4 is 4.74 Å². The summed E-state index contributed by atoms with van der Waals surface area (Å²) in [5, 5.41) is 5.95. The number of ether oxygens (including phenoxy) is 1. The third kappa shape index (κ3) is 2.11. The second-order valence-electron chi connectivity index (χ2n) is 3.87. The highest BCUT2D eigenvalue weighted by molar-refractivity contribution is 9.10. The van der Waals surface area contributed by atoms with Crippen LogP contribution in [0.4, 0.5) is 0 Å². The van der Waals surface area contributed by atoms with Gasteiger partial charge < -0.3 is 9.26 Å². The molecule has 18 heavy (non-hydrogen) atoms. The van der Waals surface area contributed by atoms with Crippen molar-refractivity contribution in [3.8, 4) is 5.75 Å². The predicted molar refractivity (Wildman–Crippen MR) is 72.5 cm³/mol. The predicted octanol–water partition coefficient (Wildman–Crippen LogP) is 4.17. The van der Waals surface area contributed by atoms with Gasteiger partial charge in [0.05, 0.1) is 10.7 Å². The standard InChI is InChI=1S/C14H10BrNO2/c15-14-12-4-2-1-3-10(12)5-6-13(14)17-9-11-7-8-16-18-11/h1-8H,9H2. The lowest BCUT2D eigenvalue weighted by molar-refractivity contribution is 0.248. The van der Waals surface area contributed by atoms with Gasteiger partial charge in [-0.2, -0.15) is 0 Å². The molecular weight excluding hydrogens is 294 g/mol. The number of rotatable bonds is 3. The minimum absolute atomic E-state index is 0.372. The van der Waals surface area contributed by atoms with E-state index in [0.717, 1.165) is 15.6 Å². The first-order valence-electron chi connectivity index (χ1n) is 5.54. The minimum atomic E-state index is 0.372. The molecule has 0 bridgehead atoms. The number of fused-ring (bicyclic) bond motifs is 1. The first-order valence-corrected chi connectivity index (χ1v) is 6.33. The lowest BCUT2D eigenvalue weighted by Crippen LogP contribution is -1.94. The van der Waals surface area contributed by atoms with Crippen LogP contribution in [0.25, 0.3) is 10.8 Å². The van der Waals surface area contributed by atoms with Crippen LogP contribution in [-0.4, -0.2) is 5.16 Å². The van der Waals surface area contributed by atoms with Gasteiger partial charge in [-0.05, 0) is 32.8 Å². The van der Waals surface area contributed by atoms with Crippen molar-refractivity contribution >= 4 is 26.7 Å². The van der Waals surface area contributed by atoms with Gasteiger partial charge in [-0.3, -0.25) is 0 Å². The molecule has 4 heteroatoms. The van der Waals surface area contributed by atoms with Crippen molar-refractivity contribution in [1.29, 1.82) is 0 Å². The van der Waals surface area contributed by atoms with Crippen molar-refractivity contribution in [2.75, 3.05) is 0 Å². The Bertz CT molecular complexity index is 665. The molecule has 90 valence electrons. The molecule has 0 N–H and O–H groups in total. The van der Waals surface area contributed by atoms with E-state index in [1.54, 1.807) is 12.3 Å². The smallest absolute Gasteiger partial charge is 0.174 e. The zero-order valence-corrected chi connectivity index (χ0v) is 11.1. The lowest BCUT2D eigenvalue weighted by atomic mass is 10.1. The number of nitrogens with zero attached hydrogens (tertiary/aromatic N) is 1. The Morgan fingerprint density at radius 3 is 2.83 bits per heavy atom. The Kier molecular flexibility index (Phi) is 3.02. The zero-order chi connectivity index (χ0) is 12.4. The van der Waals surface area contributed by atoms with Crippen molar-refractivity contribution in [2.45, 2.75) is 6.61 Å². The molecule has 0 aliphatic heterocycles. The van der Waals surface area contributed by atoms with Crippen LogP contribution in [0.15, 0.2) is 57.7 Å². The van der Waals surface area contributed by atoms with E-state index in [0.29, 0.717) is 12.4 Å². The number of benzene rings is 2. The fourth-order valence-corrected chi connectivity index (χ4v) is 2.40. The van der Waals surface area contributed by atoms with Crippen LogP contribution in [0, 0.1) is 0 Å². The van der Waals surface area contributed by atoms with Crippen LogP contribution in [0.3, 0.4) is 0 Å². The van der Waals surface area contributed by atoms with E-state index in [9.17, 15) is 0 Å². The van der Waals surface area contributed by atoms with Gasteiger partial charge in [0.2, 0.25) is 0 Å². The van der Waals surface area contributed by atoms with E-state index in [1.165, 1.54) is 5.39 Å². The summed E-state index contributed by atoms with van der Waals surface area (Å²) in [5.41, 5.74) is 0. The van der Waals surface area contributed by atoms with Crippen LogP contribution in [0.2, 0.25) is 0 Å². The molecule has 0 fully saturated rings. The maximum Gasteiger partial charge on any atom is 0.174 e. The van der Waals surface area contributed by atoms with Crippen molar-refractivity contribution in [2.24, 2.45) is 0 Å². The second-order valence-corrected chi connectivity index (χ2v) is 4.66. The van der Waals surface area contributed by atoms with E-state index < -0.39 is 0 Å². The average Bonchev–Trinajstić information content (AvgIpc) is 2.91. The molecule has 3 aromatic rings. The third-order valence-corrected chi connectivity index (χ3v) is 3.51. The molecule has 3 nitrogen and oxygen atoms in total. The number of halogens is 1. The fourth-order valence-electron chi connectivity index (χ4n) is 1.79. The Labute approximate surface area is 112 Å². The molecule has 1 heterocycles. The van der Waals surface area contributed by atoms with Crippen LogP contribution >= 0.6 is 15.9 Å². The number of hydrogen-bond acceptors (Lipinski definition) is 3. The molecule has 0 radical (unpaired) electrons. The lowest BCUT2D eigenvalue weighted by Gasteiger charge is -2.08. The zero-order valence-electron chi connectivity index (χ0n) is 9.47. The first-order chi connectivity index (χ1) is 8.84. The highest BCUT2D eigenvalue weighted by Gasteiger charge is 2.07. The summed E-state index contributed by atoms with van der Waals surface area (Å²) in [5.74, 6) is 1.50. The van der Waals surface area contributed by atoms with Crippen LogP contribution in [0.1, 0.15) is 5.76 Å². The van der Waals surface area contributed by atoms with Gasteiger partial charge in [-0.15, -0.1) is 0 Å².